The van der Waals surface area contributed by atoms with Crippen LogP contribution in [0.25, 0.3) is 0 Å². The third-order valence-corrected chi connectivity index (χ3v) is 5.18. The highest BCUT2D eigenvalue weighted by Gasteiger charge is 2.18. The summed E-state index contributed by atoms with van der Waals surface area (Å²) >= 11 is 0. The van der Waals surface area contributed by atoms with Gasteiger partial charge in [-0.3, -0.25) is 0 Å². The van der Waals surface area contributed by atoms with Crippen molar-refractivity contribution in [2.45, 2.75) is 28.9 Å². The van der Waals surface area contributed by atoms with Gasteiger partial charge in [0.25, 0.3) is 0 Å². The molecule has 21 heavy (non-hydrogen) atoms. The smallest absolute Gasteiger partial charge is 0.177 e. The first-order valence-corrected chi connectivity index (χ1v) is 9.93. The summed E-state index contributed by atoms with van der Waals surface area (Å²) in [5.41, 5.74) is 5.92. The molecule has 0 aliphatic rings. The second-order valence-corrected chi connectivity index (χ2v) is 8.99. The molecule has 0 amide bonds. The summed E-state index contributed by atoms with van der Waals surface area (Å²) in [6.07, 6.45) is 1.24. The summed E-state index contributed by atoms with van der Waals surface area (Å²) in [7, 11) is -7.12. The van der Waals surface area contributed by atoms with Crippen LogP contribution >= 0.6 is 0 Å². The van der Waals surface area contributed by atoms with E-state index in [9.17, 15) is 21.9 Å². The Labute approximate surface area is 125 Å². The molecule has 0 bridgehead atoms. The lowest BCUT2D eigenvalue weighted by Gasteiger charge is -2.18. The number of rotatable bonds is 6. The maximum atomic E-state index is 11.8. The molecule has 1 aromatic rings. The van der Waals surface area contributed by atoms with E-state index in [1.807, 2.05) is 0 Å². The Morgan fingerprint density at radius 2 is 1.76 bits per heavy atom. The van der Waals surface area contributed by atoms with E-state index in [4.69, 9.17) is 5.73 Å². The average molecular weight is 336 g/mol. The van der Waals surface area contributed by atoms with Gasteiger partial charge in [-0.05, 0) is 25.1 Å². The summed E-state index contributed by atoms with van der Waals surface area (Å²) in [6.45, 7) is 1.68. The Kier molecular flexibility index (Phi) is 5.37. The van der Waals surface area contributed by atoms with Crippen molar-refractivity contribution in [1.29, 1.82) is 0 Å². The largest absolute Gasteiger partial charge is 0.392 e. The minimum Gasteiger partial charge on any atom is -0.392 e. The maximum Gasteiger partial charge on any atom is 0.177 e. The molecule has 120 valence electrons. The van der Waals surface area contributed by atoms with Crippen molar-refractivity contribution < 1.29 is 21.9 Å². The molecule has 0 radical (unpaired) electrons. The lowest BCUT2D eigenvalue weighted by molar-refractivity contribution is 0.168. The number of anilines is 1. The van der Waals surface area contributed by atoms with Crippen LogP contribution in [0.4, 0.5) is 5.69 Å². The van der Waals surface area contributed by atoms with Gasteiger partial charge in [-0.15, -0.1) is 0 Å². The Bertz CT molecular complexity index is 711. The molecule has 0 aromatic heterocycles. The second-order valence-electron chi connectivity index (χ2n) is 4.99. The van der Waals surface area contributed by atoms with E-state index in [1.165, 1.54) is 19.1 Å². The molecule has 0 aliphatic carbocycles. The van der Waals surface area contributed by atoms with Gasteiger partial charge in [0.2, 0.25) is 0 Å². The normalized spacial score (nSPS) is 15.5. The van der Waals surface area contributed by atoms with Gasteiger partial charge in [0.1, 0.15) is 0 Å². The molecule has 2 atom stereocenters. The highest BCUT2D eigenvalue weighted by atomic mass is 32.2. The van der Waals surface area contributed by atoms with Crippen LogP contribution in [0.3, 0.4) is 0 Å². The summed E-state index contributed by atoms with van der Waals surface area (Å²) in [5, 5.41) is 12.1. The summed E-state index contributed by atoms with van der Waals surface area (Å²) in [6, 6.07) is 3.23. The fourth-order valence-corrected chi connectivity index (χ4v) is 3.19. The molecule has 9 heteroatoms. The standard InChI is InChI=1S/C12H20N2O5S2/c1-8(15)10(13)7-14-11-5-4-9(20(2,16)17)6-12(11)21(3,18)19/h4-6,8,10,14-15H,7,13H2,1-3H3. The zero-order valence-electron chi connectivity index (χ0n) is 12.1. The molecule has 4 N–H and O–H groups in total. The molecule has 0 fully saturated rings. The van der Waals surface area contributed by atoms with Crippen LogP contribution in [0.15, 0.2) is 28.0 Å². The van der Waals surface area contributed by atoms with E-state index in [2.05, 4.69) is 5.32 Å². The zero-order valence-corrected chi connectivity index (χ0v) is 13.7. The minimum atomic E-state index is -3.61. The Morgan fingerprint density at radius 1 is 1.19 bits per heavy atom. The fourth-order valence-electron chi connectivity index (χ4n) is 1.58. The van der Waals surface area contributed by atoms with E-state index in [0.717, 1.165) is 18.6 Å². The molecule has 0 heterocycles. The quantitative estimate of drug-likeness (QED) is 0.646. The highest BCUT2D eigenvalue weighted by Crippen LogP contribution is 2.25. The Morgan fingerprint density at radius 3 is 2.19 bits per heavy atom. The van der Waals surface area contributed by atoms with E-state index < -0.39 is 31.8 Å². The highest BCUT2D eigenvalue weighted by molar-refractivity contribution is 7.91. The van der Waals surface area contributed by atoms with Crippen LogP contribution in [0.5, 0.6) is 0 Å². The first-order chi connectivity index (χ1) is 9.43. The van der Waals surface area contributed by atoms with Crippen molar-refractivity contribution in [2.24, 2.45) is 5.73 Å². The topological polar surface area (TPSA) is 127 Å². The van der Waals surface area contributed by atoms with Crippen LogP contribution in [0.1, 0.15) is 6.92 Å². The van der Waals surface area contributed by atoms with Gasteiger partial charge < -0.3 is 16.2 Å². The summed E-state index contributed by atoms with van der Waals surface area (Å²) < 4.78 is 46.6. The molecule has 0 aliphatic heterocycles. The van der Waals surface area contributed by atoms with Crippen molar-refractivity contribution in [3.63, 3.8) is 0 Å². The third-order valence-electron chi connectivity index (χ3n) is 2.93. The van der Waals surface area contributed by atoms with E-state index in [0.29, 0.717) is 0 Å². The van der Waals surface area contributed by atoms with Crippen molar-refractivity contribution in [2.75, 3.05) is 24.4 Å². The molecule has 1 aromatic carbocycles. The average Bonchev–Trinajstić information content (AvgIpc) is 2.33. The van der Waals surface area contributed by atoms with E-state index in [1.54, 1.807) is 0 Å². The predicted octanol–water partition coefficient (Wildman–Crippen LogP) is -0.386. The zero-order chi connectivity index (χ0) is 16.4. The molecule has 0 spiro atoms. The number of hydrogen-bond acceptors (Lipinski definition) is 7. The predicted molar refractivity (Wildman–Crippen MR) is 80.8 cm³/mol. The number of sulfone groups is 2. The van der Waals surface area contributed by atoms with Crippen LogP contribution in [-0.4, -0.2) is 53.1 Å². The van der Waals surface area contributed by atoms with Gasteiger partial charge in [0.05, 0.1) is 21.6 Å². The van der Waals surface area contributed by atoms with Crippen LogP contribution in [-0.2, 0) is 19.7 Å². The van der Waals surface area contributed by atoms with E-state index in [-0.39, 0.29) is 22.0 Å². The van der Waals surface area contributed by atoms with Crippen molar-refractivity contribution in [3.05, 3.63) is 18.2 Å². The van der Waals surface area contributed by atoms with Crippen LogP contribution in [0.2, 0.25) is 0 Å². The van der Waals surface area contributed by atoms with Gasteiger partial charge in [-0.2, -0.15) is 0 Å². The van der Waals surface area contributed by atoms with Gasteiger partial charge in [0, 0.05) is 25.1 Å². The lowest BCUT2D eigenvalue weighted by Crippen LogP contribution is -2.38. The minimum absolute atomic E-state index is 0.0756. The maximum absolute atomic E-state index is 11.8. The Balaban J connectivity index is 3.22. The van der Waals surface area contributed by atoms with Gasteiger partial charge in [0.15, 0.2) is 19.7 Å². The SMILES string of the molecule is CC(O)C(N)CNc1ccc(S(C)(=O)=O)cc1S(C)(=O)=O. The molecule has 0 saturated heterocycles. The molecule has 1 rings (SSSR count). The Hall–Kier alpha value is -1.16. The van der Waals surface area contributed by atoms with Gasteiger partial charge in [-0.1, -0.05) is 0 Å². The van der Waals surface area contributed by atoms with Crippen LogP contribution < -0.4 is 11.1 Å². The van der Waals surface area contributed by atoms with Crippen molar-refractivity contribution >= 4 is 25.4 Å². The number of benzene rings is 1. The fraction of sp³-hybridized carbons (Fsp3) is 0.500. The van der Waals surface area contributed by atoms with Crippen molar-refractivity contribution in [1.82, 2.24) is 0 Å². The van der Waals surface area contributed by atoms with Crippen molar-refractivity contribution in [3.8, 4) is 0 Å². The van der Waals surface area contributed by atoms with E-state index >= 15 is 0 Å². The lowest BCUT2D eigenvalue weighted by atomic mass is 10.2. The summed E-state index contributed by atoms with van der Waals surface area (Å²) in [5.74, 6) is 0. The molecule has 2 unspecified atom stereocenters. The number of aliphatic hydroxyl groups excluding tert-OH is 1. The first-order valence-electron chi connectivity index (χ1n) is 6.14. The third kappa shape index (κ3) is 4.95. The molecular formula is C12H20N2O5S2. The second kappa shape index (κ2) is 6.30. The number of nitrogens with one attached hydrogen (secondary N) is 1. The number of hydrogen-bond donors (Lipinski definition) is 3. The number of aliphatic hydroxyl groups is 1. The molecule has 7 nitrogen and oxygen atoms in total. The molecule has 0 saturated carbocycles. The van der Waals surface area contributed by atoms with Gasteiger partial charge >= 0.3 is 0 Å². The summed E-state index contributed by atoms with van der Waals surface area (Å²) in [4.78, 5) is -0.198. The van der Waals surface area contributed by atoms with Crippen LogP contribution in [0, 0.1) is 0 Å². The molecular weight excluding hydrogens is 316 g/mol. The van der Waals surface area contributed by atoms with Gasteiger partial charge in [-0.25, -0.2) is 16.8 Å². The number of nitrogens with two attached hydrogens (primary N) is 1. The monoisotopic (exact) mass is 336 g/mol. The first kappa shape index (κ1) is 17.9.